The highest BCUT2D eigenvalue weighted by Gasteiger charge is 2.08. The van der Waals surface area contributed by atoms with E-state index in [-0.39, 0.29) is 0 Å². The van der Waals surface area contributed by atoms with Crippen LogP contribution in [-0.2, 0) is 9.53 Å². The average molecular weight is 278 g/mol. The van der Waals surface area contributed by atoms with Gasteiger partial charge in [0.2, 0.25) is 0 Å². The lowest BCUT2D eigenvalue weighted by Gasteiger charge is -2.10. The number of amides is 1. The number of hydrogen-bond acceptors (Lipinski definition) is 5. The molecule has 0 saturated heterocycles. The minimum absolute atomic E-state index is 0.328. The normalized spacial score (nSPS) is 10.3. The van der Waals surface area contributed by atoms with Crippen LogP contribution in [0.15, 0.2) is 30.4 Å². The number of benzene rings is 1. The van der Waals surface area contributed by atoms with Crippen LogP contribution in [0.25, 0.3) is 0 Å². The molecule has 1 aromatic rings. The lowest BCUT2D eigenvalue weighted by molar-refractivity contribution is -0.137. The minimum atomic E-state index is -0.555. The molecule has 0 aromatic heterocycles. The zero-order valence-electron chi connectivity index (χ0n) is 11.5. The van der Waals surface area contributed by atoms with E-state index in [0.717, 1.165) is 0 Å². The molecule has 0 unspecified atom stereocenters. The van der Waals surface area contributed by atoms with E-state index < -0.39 is 11.9 Å². The van der Waals surface area contributed by atoms with E-state index in [9.17, 15) is 9.59 Å². The second-order valence-electron chi connectivity index (χ2n) is 3.81. The van der Waals surface area contributed by atoms with E-state index in [4.69, 9.17) is 15.2 Å². The molecule has 0 radical (unpaired) electrons. The molecule has 1 rings (SSSR count). The summed E-state index contributed by atoms with van der Waals surface area (Å²) in [6.45, 7) is 2.44. The van der Waals surface area contributed by atoms with Gasteiger partial charge in [-0.2, -0.15) is 0 Å². The number of anilines is 1. The van der Waals surface area contributed by atoms with Crippen molar-refractivity contribution in [3.8, 4) is 5.75 Å². The summed E-state index contributed by atoms with van der Waals surface area (Å²) >= 11 is 0. The van der Waals surface area contributed by atoms with Crippen LogP contribution in [-0.4, -0.2) is 32.1 Å². The highest BCUT2D eigenvalue weighted by Crippen LogP contribution is 2.21. The van der Waals surface area contributed by atoms with Gasteiger partial charge in [-0.25, -0.2) is 4.79 Å². The molecule has 0 fully saturated rings. The van der Waals surface area contributed by atoms with Crippen LogP contribution >= 0.6 is 0 Å². The molecule has 0 aliphatic rings. The Bertz CT molecular complexity index is 512. The Labute approximate surface area is 117 Å². The van der Waals surface area contributed by atoms with Crippen LogP contribution in [0.4, 0.5) is 5.69 Å². The van der Waals surface area contributed by atoms with Gasteiger partial charge in [-0.15, -0.1) is 0 Å². The predicted octanol–water partition coefficient (Wildman–Crippen LogP) is 1.33. The fraction of sp³-hybridized carbons (Fsp3) is 0.286. The van der Waals surface area contributed by atoms with Crippen molar-refractivity contribution in [2.75, 3.05) is 25.6 Å². The number of esters is 1. The molecule has 0 aliphatic heterocycles. The summed E-state index contributed by atoms with van der Waals surface area (Å²) in [6.07, 6.45) is 2.93. The van der Waals surface area contributed by atoms with Crippen LogP contribution in [0.1, 0.15) is 17.3 Å². The van der Waals surface area contributed by atoms with E-state index in [1.165, 1.54) is 13.2 Å². The van der Waals surface area contributed by atoms with Crippen molar-refractivity contribution in [2.24, 2.45) is 5.73 Å². The number of carbonyl (C=O) groups is 2. The molecule has 0 aliphatic carbocycles. The van der Waals surface area contributed by atoms with Crippen molar-refractivity contribution in [3.63, 3.8) is 0 Å². The Morgan fingerprint density at radius 3 is 2.75 bits per heavy atom. The fourth-order valence-corrected chi connectivity index (χ4v) is 1.52. The van der Waals surface area contributed by atoms with Gasteiger partial charge in [0.25, 0.3) is 5.91 Å². The Balaban J connectivity index is 2.68. The van der Waals surface area contributed by atoms with Gasteiger partial charge in [-0.05, 0) is 25.1 Å². The summed E-state index contributed by atoms with van der Waals surface area (Å²) in [7, 11) is 1.51. The standard InChI is InChI=1S/C14H18N2O4/c1-3-20-13(17)5-4-8-16-12-7-6-10(19-2)9-11(12)14(15)18/h4-7,9,16H,3,8H2,1-2H3,(H2,15,18)/b5-4+. The van der Waals surface area contributed by atoms with E-state index in [2.05, 4.69) is 5.32 Å². The molecular weight excluding hydrogens is 260 g/mol. The van der Waals surface area contributed by atoms with E-state index in [1.807, 2.05) is 0 Å². The van der Waals surface area contributed by atoms with Crippen LogP contribution in [0.2, 0.25) is 0 Å². The predicted molar refractivity (Wildman–Crippen MR) is 75.8 cm³/mol. The molecule has 1 aromatic carbocycles. The third-order valence-corrected chi connectivity index (χ3v) is 2.44. The molecule has 0 bridgehead atoms. The van der Waals surface area contributed by atoms with Gasteiger partial charge in [0, 0.05) is 18.3 Å². The van der Waals surface area contributed by atoms with E-state index >= 15 is 0 Å². The molecular formula is C14H18N2O4. The first-order chi connectivity index (χ1) is 9.58. The Morgan fingerprint density at radius 1 is 1.40 bits per heavy atom. The number of carbonyl (C=O) groups excluding carboxylic acids is 2. The molecule has 0 spiro atoms. The van der Waals surface area contributed by atoms with Crippen molar-refractivity contribution in [3.05, 3.63) is 35.9 Å². The Morgan fingerprint density at radius 2 is 2.15 bits per heavy atom. The highest BCUT2D eigenvalue weighted by molar-refractivity contribution is 5.99. The van der Waals surface area contributed by atoms with Crippen molar-refractivity contribution < 1.29 is 19.1 Å². The largest absolute Gasteiger partial charge is 0.497 e. The second-order valence-corrected chi connectivity index (χ2v) is 3.81. The van der Waals surface area contributed by atoms with Crippen LogP contribution in [0.5, 0.6) is 5.75 Å². The highest BCUT2D eigenvalue weighted by atomic mass is 16.5. The average Bonchev–Trinajstić information content (AvgIpc) is 2.43. The van der Waals surface area contributed by atoms with Crippen molar-refractivity contribution >= 4 is 17.6 Å². The summed E-state index contributed by atoms with van der Waals surface area (Å²) in [5.41, 5.74) is 6.21. The summed E-state index contributed by atoms with van der Waals surface area (Å²) < 4.78 is 9.78. The third kappa shape index (κ3) is 4.64. The maximum absolute atomic E-state index is 11.4. The van der Waals surface area contributed by atoms with Gasteiger partial charge in [-0.1, -0.05) is 6.08 Å². The number of methoxy groups -OCH3 is 1. The lowest BCUT2D eigenvalue weighted by atomic mass is 10.1. The zero-order valence-corrected chi connectivity index (χ0v) is 11.5. The SMILES string of the molecule is CCOC(=O)/C=C/CNc1ccc(OC)cc1C(N)=O. The van der Waals surface area contributed by atoms with Gasteiger partial charge in [-0.3, -0.25) is 4.79 Å². The lowest BCUT2D eigenvalue weighted by Crippen LogP contribution is -2.14. The van der Waals surface area contributed by atoms with E-state index in [0.29, 0.717) is 30.2 Å². The summed E-state index contributed by atoms with van der Waals surface area (Å²) in [5, 5.41) is 2.99. The smallest absolute Gasteiger partial charge is 0.330 e. The van der Waals surface area contributed by atoms with Crippen molar-refractivity contribution in [1.82, 2.24) is 0 Å². The van der Waals surface area contributed by atoms with Crippen LogP contribution < -0.4 is 15.8 Å². The van der Waals surface area contributed by atoms with E-state index in [1.54, 1.807) is 31.2 Å². The van der Waals surface area contributed by atoms with Crippen molar-refractivity contribution in [2.45, 2.75) is 6.92 Å². The number of hydrogen-bond donors (Lipinski definition) is 2. The van der Waals surface area contributed by atoms with Crippen molar-refractivity contribution in [1.29, 1.82) is 0 Å². The first kappa shape index (κ1) is 15.6. The molecule has 0 saturated carbocycles. The second kappa shape index (κ2) is 7.83. The molecule has 20 heavy (non-hydrogen) atoms. The molecule has 6 heteroatoms. The number of nitrogens with one attached hydrogen (secondary N) is 1. The quantitative estimate of drug-likeness (QED) is 0.580. The number of ether oxygens (including phenoxy) is 2. The number of primary amides is 1. The maximum atomic E-state index is 11.4. The number of nitrogens with two attached hydrogens (primary N) is 1. The van der Waals surface area contributed by atoms with Gasteiger partial charge < -0.3 is 20.5 Å². The van der Waals surface area contributed by atoms with Gasteiger partial charge in [0.1, 0.15) is 5.75 Å². The molecule has 1 amide bonds. The zero-order chi connectivity index (χ0) is 15.0. The first-order valence-corrected chi connectivity index (χ1v) is 6.13. The summed E-state index contributed by atoms with van der Waals surface area (Å²) in [4.78, 5) is 22.4. The van der Waals surface area contributed by atoms with Gasteiger partial charge >= 0.3 is 5.97 Å². The van der Waals surface area contributed by atoms with Crippen LogP contribution in [0.3, 0.4) is 0 Å². The molecule has 0 heterocycles. The van der Waals surface area contributed by atoms with Crippen LogP contribution in [0, 0.1) is 0 Å². The molecule has 6 nitrogen and oxygen atoms in total. The van der Waals surface area contributed by atoms with Gasteiger partial charge in [0.05, 0.1) is 19.3 Å². The third-order valence-electron chi connectivity index (χ3n) is 2.44. The first-order valence-electron chi connectivity index (χ1n) is 6.13. The fourth-order valence-electron chi connectivity index (χ4n) is 1.52. The molecule has 3 N–H and O–H groups in total. The summed E-state index contributed by atoms with van der Waals surface area (Å²) in [5.74, 6) is -0.411. The topological polar surface area (TPSA) is 90.7 Å². The number of rotatable bonds is 7. The Kier molecular flexibility index (Phi) is 6.09. The minimum Gasteiger partial charge on any atom is -0.497 e. The summed E-state index contributed by atoms with van der Waals surface area (Å²) in [6, 6.07) is 4.96. The maximum Gasteiger partial charge on any atom is 0.330 e. The molecule has 0 atom stereocenters. The Hall–Kier alpha value is -2.50. The van der Waals surface area contributed by atoms with Gasteiger partial charge in [0.15, 0.2) is 0 Å². The monoisotopic (exact) mass is 278 g/mol. The molecule has 108 valence electrons.